The topological polar surface area (TPSA) is 84.3 Å². The average molecular weight is 521 g/mol. The number of nitrogens with one attached hydrogen (secondary N) is 2. The maximum absolute atomic E-state index is 11.7. The Morgan fingerprint density at radius 1 is 1.21 bits per heavy atom. The van der Waals surface area contributed by atoms with Crippen LogP contribution in [-0.4, -0.2) is 40.1 Å². The predicted molar refractivity (Wildman–Crippen MR) is 137 cm³/mol. The number of aromatic nitrogens is 3. The second-order valence-electron chi connectivity index (χ2n) is 8.28. The molecule has 1 fully saturated rings. The van der Waals surface area contributed by atoms with Gasteiger partial charge in [0.05, 0.1) is 11.0 Å². The zero-order valence-electron chi connectivity index (χ0n) is 18.7. The van der Waals surface area contributed by atoms with Crippen molar-refractivity contribution in [2.24, 2.45) is 7.05 Å². The molecule has 0 bridgehead atoms. The van der Waals surface area contributed by atoms with Crippen LogP contribution in [0.1, 0.15) is 12.8 Å². The summed E-state index contributed by atoms with van der Waals surface area (Å²) in [5.74, 6) is 2.58. The van der Waals surface area contributed by atoms with Crippen LogP contribution in [0.15, 0.2) is 65.3 Å². The fourth-order valence-electron chi connectivity index (χ4n) is 4.11. The van der Waals surface area contributed by atoms with Crippen LogP contribution in [0.4, 0.5) is 17.5 Å². The highest BCUT2D eigenvalue weighted by molar-refractivity contribution is 9.10. The Labute approximate surface area is 206 Å². The molecule has 3 heterocycles. The van der Waals surface area contributed by atoms with Gasteiger partial charge in [0.15, 0.2) is 0 Å². The van der Waals surface area contributed by atoms with E-state index >= 15 is 0 Å². The number of halogens is 1. The molecule has 1 saturated heterocycles. The highest BCUT2D eigenvalue weighted by atomic mass is 79.9. The van der Waals surface area contributed by atoms with E-state index in [9.17, 15) is 4.79 Å². The molecule has 0 aliphatic carbocycles. The Morgan fingerprint density at radius 2 is 2.03 bits per heavy atom. The van der Waals surface area contributed by atoms with Gasteiger partial charge >= 0.3 is 0 Å². The second kappa shape index (κ2) is 9.82. The van der Waals surface area contributed by atoms with Gasteiger partial charge in [-0.05, 0) is 61.9 Å². The standard InChI is InChI=1S/C25H25BrN6O2/c1-31-23-9-8-20(13-22(23)30-25(31)29-18-6-4-17(26)5-7-18)34-21-10-12-28-24(14-21)32(16-33)15-19-3-2-11-27-19/h4-10,12-14,16,19,27H,2-3,11,15H2,1H3,(H,29,30). The van der Waals surface area contributed by atoms with Crippen molar-refractivity contribution >= 4 is 50.8 Å². The summed E-state index contributed by atoms with van der Waals surface area (Å²) in [6, 6.07) is 17.6. The molecular weight excluding hydrogens is 496 g/mol. The lowest BCUT2D eigenvalue weighted by Crippen LogP contribution is -2.37. The molecule has 9 heteroatoms. The lowest BCUT2D eigenvalue weighted by molar-refractivity contribution is -0.107. The molecule has 2 aromatic carbocycles. The first-order chi connectivity index (χ1) is 16.6. The highest BCUT2D eigenvalue weighted by Gasteiger charge is 2.19. The smallest absolute Gasteiger partial charge is 0.215 e. The average Bonchev–Trinajstić information content (AvgIpc) is 3.47. The monoisotopic (exact) mass is 520 g/mol. The molecule has 5 rings (SSSR count). The Balaban J connectivity index is 1.34. The van der Waals surface area contributed by atoms with Crippen LogP contribution in [0.5, 0.6) is 11.5 Å². The Bertz CT molecular complexity index is 1300. The number of carbonyl (C=O) groups is 1. The zero-order valence-corrected chi connectivity index (χ0v) is 20.3. The summed E-state index contributed by atoms with van der Waals surface area (Å²) in [5.41, 5.74) is 2.75. The minimum atomic E-state index is 0.295. The van der Waals surface area contributed by atoms with Gasteiger partial charge in [-0.2, -0.15) is 0 Å². The molecule has 1 unspecified atom stereocenters. The number of amides is 1. The maximum Gasteiger partial charge on any atom is 0.215 e. The Morgan fingerprint density at radius 3 is 2.79 bits per heavy atom. The van der Waals surface area contributed by atoms with Crippen LogP contribution < -0.4 is 20.3 Å². The number of nitrogens with zero attached hydrogens (tertiary/aromatic N) is 4. The molecule has 1 aliphatic rings. The summed E-state index contributed by atoms with van der Waals surface area (Å²) in [6.07, 6.45) is 4.67. The molecule has 1 atom stereocenters. The number of rotatable bonds is 8. The number of imidazole rings is 1. The van der Waals surface area contributed by atoms with E-state index in [0.717, 1.165) is 52.9 Å². The third-order valence-corrected chi connectivity index (χ3v) is 6.43. The van der Waals surface area contributed by atoms with Crippen LogP contribution in [-0.2, 0) is 11.8 Å². The van der Waals surface area contributed by atoms with Crippen molar-refractivity contribution in [1.29, 1.82) is 0 Å². The number of hydrogen-bond donors (Lipinski definition) is 2. The van der Waals surface area contributed by atoms with Crippen LogP contribution >= 0.6 is 15.9 Å². The molecule has 4 aromatic rings. The van der Waals surface area contributed by atoms with Crippen molar-refractivity contribution in [3.8, 4) is 11.5 Å². The van der Waals surface area contributed by atoms with Gasteiger partial charge in [-0.25, -0.2) is 9.97 Å². The van der Waals surface area contributed by atoms with E-state index in [0.29, 0.717) is 29.9 Å². The van der Waals surface area contributed by atoms with Crippen molar-refractivity contribution in [2.75, 3.05) is 23.3 Å². The molecule has 174 valence electrons. The van der Waals surface area contributed by atoms with Crippen molar-refractivity contribution in [2.45, 2.75) is 18.9 Å². The van der Waals surface area contributed by atoms with E-state index in [1.54, 1.807) is 23.2 Å². The molecular formula is C25H25BrN6O2. The van der Waals surface area contributed by atoms with E-state index in [1.807, 2.05) is 54.1 Å². The van der Waals surface area contributed by atoms with Gasteiger partial charge in [0.1, 0.15) is 17.3 Å². The van der Waals surface area contributed by atoms with E-state index in [2.05, 4.69) is 31.5 Å². The molecule has 2 aromatic heterocycles. The number of anilines is 3. The van der Waals surface area contributed by atoms with Crippen LogP contribution in [0.2, 0.25) is 0 Å². The maximum atomic E-state index is 11.7. The van der Waals surface area contributed by atoms with Crippen LogP contribution in [0.3, 0.4) is 0 Å². The molecule has 34 heavy (non-hydrogen) atoms. The van der Waals surface area contributed by atoms with Gasteiger partial charge in [0, 0.05) is 48.1 Å². The van der Waals surface area contributed by atoms with Crippen molar-refractivity contribution in [3.05, 3.63) is 65.3 Å². The first-order valence-corrected chi connectivity index (χ1v) is 12.0. The quantitative estimate of drug-likeness (QED) is 0.318. The first kappa shape index (κ1) is 22.4. The second-order valence-corrected chi connectivity index (χ2v) is 9.20. The molecule has 1 amide bonds. The zero-order chi connectivity index (χ0) is 23.5. The van der Waals surface area contributed by atoms with E-state index in [4.69, 9.17) is 9.72 Å². The summed E-state index contributed by atoms with van der Waals surface area (Å²) in [5, 5.41) is 6.76. The molecule has 0 radical (unpaired) electrons. The van der Waals surface area contributed by atoms with E-state index in [1.165, 1.54) is 0 Å². The minimum Gasteiger partial charge on any atom is -0.457 e. The van der Waals surface area contributed by atoms with Gasteiger partial charge in [-0.3, -0.25) is 9.69 Å². The predicted octanol–water partition coefficient (Wildman–Crippen LogP) is 4.98. The number of ether oxygens (including phenoxy) is 1. The van der Waals surface area contributed by atoms with Crippen molar-refractivity contribution in [3.63, 3.8) is 0 Å². The van der Waals surface area contributed by atoms with E-state index in [-0.39, 0.29) is 0 Å². The highest BCUT2D eigenvalue weighted by Crippen LogP contribution is 2.29. The lowest BCUT2D eigenvalue weighted by Gasteiger charge is -2.21. The number of aryl methyl sites for hydroxylation is 1. The lowest BCUT2D eigenvalue weighted by atomic mass is 10.2. The summed E-state index contributed by atoms with van der Waals surface area (Å²) in [6.45, 7) is 1.58. The molecule has 0 saturated carbocycles. The van der Waals surface area contributed by atoms with Gasteiger partial charge in [-0.15, -0.1) is 0 Å². The summed E-state index contributed by atoms with van der Waals surface area (Å²) < 4.78 is 9.13. The number of hydrogen-bond acceptors (Lipinski definition) is 6. The normalized spacial score (nSPS) is 15.4. The molecule has 2 N–H and O–H groups in total. The minimum absolute atomic E-state index is 0.295. The largest absolute Gasteiger partial charge is 0.457 e. The van der Waals surface area contributed by atoms with Crippen LogP contribution in [0, 0.1) is 0 Å². The van der Waals surface area contributed by atoms with Crippen molar-refractivity contribution < 1.29 is 9.53 Å². The van der Waals surface area contributed by atoms with Gasteiger partial charge in [0.25, 0.3) is 0 Å². The third kappa shape index (κ3) is 4.90. The number of carbonyl (C=O) groups excluding carboxylic acids is 1. The summed E-state index contributed by atoms with van der Waals surface area (Å²) in [7, 11) is 1.97. The third-order valence-electron chi connectivity index (χ3n) is 5.91. The summed E-state index contributed by atoms with van der Waals surface area (Å²) in [4.78, 5) is 22.4. The van der Waals surface area contributed by atoms with Gasteiger partial charge in [-0.1, -0.05) is 15.9 Å². The molecule has 8 nitrogen and oxygen atoms in total. The number of pyridine rings is 1. The number of fused-ring (bicyclic) bond motifs is 1. The first-order valence-electron chi connectivity index (χ1n) is 11.2. The molecule has 1 aliphatic heterocycles. The van der Waals surface area contributed by atoms with Gasteiger partial charge < -0.3 is 19.9 Å². The fraction of sp³-hybridized carbons (Fsp3) is 0.240. The van der Waals surface area contributed by atoms with Crippen LogP contribution in [0.25, 0.3) is 11.0 Å². The Hall–Kier alpha value is -3.43. The van der Waals surface area contributed by atoms with Crippen molar-refractivity contribution in [1.82, 2.24) is 19.9 Å². The Kier molecular flexibility index (Phi) is 6.46. The fourth-order valence-corrected chi connectivity index (χ4v) is 4.38. The SMILES string of the molecule is Cn1c(Nc2ccc(Br)cc2)nc2cc(Oc3ccnc(N(C=O)CC4CCCN4)c3)ccc21. The number of benzene rings is 2. The molecule has 0 spiro atoms. The summed E-state index contributed by atoms with van der Waals surface area (Å²) >= 11 is 3.46. The van der Waals surface area contributed by atoms with Gasteiger partial charge in [0.2, 0.25) is 12.4 Å². The van der Waals surface area contributed by atoms with E-state index < -0.39 is 0 Å².